The van der Waals surface area contributed by atoms with Crippen molar-refractivity contribution >= 4 is 15.8 Å². The number of rotatable bonds is 4. The van der Waals surface area contributed by atoms with Crippen molar-refractivity contribution in [3.8, 4) is 5.75 Å². The lowest BCUT2D eigenvalue weighted by atomic mass is 9.93. The molecule has 1 aromatic heterocycles. The van der Waals surface area contributed by atoms with E-state index in [1.807, 2.05) is 4.90 Å². The molecule has 0 radical (unpaired) electrons. The third kappa shape index (κ3) is 3.45. The van der Waals surface area contributed by atoms with E-state index in [-0.39, 0.29) is 16.4 Å². The van der Waals surface area contributed by atoms with Gasteiger partial charge in [-0.15, -0.1) is 0 Å². The summed E-state index contributed by atoms with van der Waals surface area (Å²) < 4.78 is 33.7. The van der Waals surface area contributed by atoms with Gasteiger partial charge in [0.05, 0.1) is 12.7 Å². The zero-order chi connectivity index (χ0) is 15.7. The molecule has 2 heterocycles. The molecule has 0 aromatic carbocycles. The molecule has 2 N–H and O–H groups in total. The predicted octanol–water partition coefficient (Wildman–Crippen LogP) is 0.743. The number of anilines is 1. The third-order valence-electron chi connectivity index (χ3n) is 3.94. The molecule has 0 spiro atoms. The van der Waals surface area contributed by atoms with Gasteiger partial charge in [-0.25, -0.2) is 18.5 Å². The zero-order valence-corrected chi connectivity index (χ0v) is 13.3. The van der Waals surface area contributed by atoms with Gasteiger partial charge in [0.25, 0.3) is 10.0 Å². The summed E-state index contributed by atoms with van der Waals surface area (Å²) in [5.74, 6) is 0.734. The van der Waals surface area contributed by atoms with Crippen molar-refractivity contribution in [1.82, 2.24) is 4.98 Å². The van der Waals surface area contributed by atoms with Crippen LogP contribution in [0.5, 0.6) is 5.75 Å². The van der Waals surface area contributed by atoms with E-state index in [1.165, 1.54) is 7.11 Å². The van der Waals surface area contributed by atoms with Crippen molar-refractivity contribution in [2.75, 3.05) is 32.2 Å². The maximum absolute atomic E-state index is 11.6. The van der Waals surface area contributed by atoms with Gasteiger partial charge >= 0.3 is 0 Å². The van der Waals surface area contributed by atoms with Gasteiger partial charge in [-0.05, 0) is 31.9 Å². The first-order chi connectivity index (χ1) is 9.79. The van der Waals surface area contributed by atoms with E-state index in [2.05, 4.69) is 11.9 Å². The number of sulfonamides is 1. The predicted molar refractivity (Wildman–Crippen MR) is 79.0 cm³/mol. The molecule has 7 nitrogen and oxygen atoms in total. The Bertz CT molecular complexity index is 610. The second kappa shape index (κ2) is 5.78. The van der Waals surface area contributed by atoms with Crippen molar-refractivity contribution in [2.24, 2.45) is 5.14 Å². The van der Waals surface area contributed by atoms with Gasteiger partial charge in [0.2, 0.25) is 5.03 Å². The number of methoxy groups -OCH3 is 2. The number of piperidine rings is 1. The molecule has 1 saturated heterocycles. The Hall–Kier alpha value is -1.38. The molecular formula is C13H21N3O4S. The Kier molecular flexibility index (Phi) is 4.40. The van der Waals surface area contributed by atoms with Crippen LogP contribution in [-0.4, -0.2) is 46.3 Å². The van der Waals surface area contributed by atoms with Gasteiger partial charge in [-0.2, -0.15) is 0 Å². The van der Waals surface area contributed by atoms with E-state index in [1.54, 1.807) is 19.2 Å². The van der Waals surface area contributed by atoms with E-state index < -0.39 is 10.0 Å². The molecule has 0 amide bonds. The van der Waals surface area contributed by atoms with Gasteiger partial charge in [-0.1, -0.05) is 0 Å². The molecule has 1 aliphatic heterocycles. The third-order valence-corrected chi connectivity index (χ3v) is 4.77. The molecule has 0 unspecified atom stereocenters. The van der Waals surface area contributed by atoms with Crippen molar-refractivity contribution in [2.45, 2.75) is 30.4 Å². The van der Waals surface area contributed by atoms with E-state index in [4.69, 9.17) is 14.6 Å². The Labute approximate surface area is 125 Å². The highest BCUT2D eigenvalue weighted by Gasteiger charge is 2.30. The standard InChI is InChI=1S/C13H21N3O4S/c1-13(20-3)6-8-16(9-7-13)11-5-4-10(19-2)12(15-11)21(14,17)18/h4-5H,6-9H2,1-3H3,(H2,14,17,18). The van der Waals surface area contributed by atoms with Crippen LogP contribution in [0.3, 0.4) is 0 Å². The lowest BCUT2D eigenvalue weighted by Gasteiger charge is -2.39. The van der Waals surface area contributed by atoms with Gasteiger partial charge in [0, 0.05) is 20.2 Å². The van der Waals surface area contributed by atoms with Crippen LogP contribution in [0.2, 0.25) is 0 Å². The van der Waals surface area contributed by atoms with E-state index in [0.717, 1.165) is 25.9 Å². The molecule has 0 bridgehead atoms. The second-order valence-electron chi connectivity index (χ2n) is 5.36. The quantitative estimate of drug-likeness (QED) is 0.880. The number of nitrogens with two attached hydrogens (primary N) is 1. The molecule has 1 aromatic rings. The van der Waals surface area contributed by atoms with E-state index in [9.17, 15) is 8.42 Å². The van der Waals surface area contributed by atoms with Crippen molar-refractivity contribution in [3.05, 3.63) is 12.1 Å². The summed E-state index contributed by atoms with van der Waals surface area (Å²) in [6, 6.07) is 3.31. The summed E-state index contributed by atoms with van der Waals surface area (Å²) in [5.41, 5.74) is -0.133. The molecule has 21 heavy (non-hydrogen) atoms. The van der Waals surface area contributed by atoms with Crippen molar-refractivity contribution < 1.29 is 17.9 Å². The van der Waals surface area contributed by atoms with Crippen LogP contribution in [0, 0.1) is 0 Å². The SMILES string of the molecule is COc1ccc(N2CCC(C)(OC)CC2)nc1S(N)(=O)=O. The summed E-state index contributed by atoms with van der Waals surface area (Å²) >= 11 is 0. The number of hydrogen-bond acceptors (Lipinski definition) is 6. The maximum Gasteiger partial charge on any atom is 0.259 e. The van der Waals surface area contributed by atoms with Crippen molar-refractivity contribution in [1.29, 1.82) is 0 Å². The second-order valence-corrected chi connectivity index (χ2v) is 6.84. The smallest absolute Gasteiger partial charge is 0.259 e. The van der Waals surface area contributed by atoms with Gasteiger partial charge in [0.1, 0.15) is 5.82 Å². The molecule has 0 saturated carbocycles. The van der Waals surface area contributed by atoms with Crippen LogP contribution in [0.25, 0.3) is 0 Å². The fraction of sp³-hybridized carbons (Fsp3) is 0.615. The Morgan fingerprint density at radius 2 is 1.90 bits per heavy atom. The Morgan fingerprint density at radius 1 is 1.29 bits per heavy atom. The molecule has 118 valence electrons. The first-order valence-corrected chi connectivity index (χ1v) is 8.22. The van der Waals surface area contributed by atoms with Gasteiger partial charge in [0.15, 0.2) is 5.75 Å². The van der Waals surface area contributed by atoms with E-state index >= 15 is 0 Å². The molecule has 0 atom stereocenters. The zero-order valence-electron chi connectivity index (χ0n) is 12.5. The number of pyridine rings is 1. The average molecular weight is 315 g/mol. The first kappa shape index (κ1) is 16.0. The summed E-state index contributed by atoms with van der Waals surface area (Å²) in [6.45, 7) is 3.56. The van der Waals surface area contributed by atoms with Crippen LogP contribution < -0.4 is 14.8 Å². The van der Waals surface area contributed by atoms with Gasteiger partial charge in [-0.3, -0.25) is 0 Å². The van der Waals surface area contributed by atoms with Crippen LogP contribution in [-0.2, 0) is 14.8 Å². The lowest BCUT2D eigenvalue weighted by Crippen LogP contribution is -2.44. The maximum atomic E-state index is 11.6. The minimum absolute atomic E-state index is 0.133. The largest absolute Gasteiger partial charge is 0.494 e. The fourth-order valence-electron chi connectivity index (χ4n) is 2.37. The topological polar surface area (TPSA) is 94.8 Å². The normalized spacial score (nSPS) is 18.6. The minimum Gasteiger partial charge on any atom is -0.494 e. The van der Waals surface area contributed by atoms with Crippen molar-refractivity contribution in [3.63, 3.8) is 0 Å². The highest BCUT2D eigenvalue weighted by atomic mass is 32.2. The number of aromatic nitrogens is 1. The summed E-state index contributed by atoms with van der Waals surface area (Å²) in [7, 11) is -0.828. The van der Waals surface area contributed by atoms with Gasteiger partial charge < -0.3 is 14.4 Å². The Morgan fingerprint density at radius 3 is 2.38 bits per heavy atom. The molecule has 2 rings (SSSR count). The average Bonchev–Trinajstić information content (AvgIpc) is 2.46. The Balaban J connectivity index is 2.27. The molecule has 1 aliphatic rings. The molecule has 1 fully saturated rings. The van der Waals surface area contributed by atoms with Crippen LogP contribution >= 0.6 is 0 Å². The lowest BCUT2D eigenvalue weighted by molar-refractivity contribution is -0.0133. The fourth-order valence-corrected chi connectivity index (χ4v) is 3.02. The monoisotopic (exact) mass is 315 g/mol. The van der Waals surface area contributed by atoms with Crippen LogP contribution in [0.1, 0.15) is 19.8 Å². The number of nitrogens with zero attached hydrogens (tertiary/aromatic N) is 2. The summed E-state index contributed by atoms with van der Waals surface area (Å²) in [4.78, 5) is 6.18. The molecule has 0 aliphatic carbocycles. The minimum atomic E-state index is -3.92. The highest BCUT2D eigenvalue weighted by molar-refractivity contribution is 7.89. The highest BCUT2D eigenvalue weighted by Crippen LogP contribution is 2.30. The first-order valence-electron chi connectivity index (χ1n) is 6.67. The number of ether oxygens (including phenoxy) is 2. The van der Waals surface area contributed by atoms with Crippen LogP contribution in [0.15, 0.2) is 17.2 Å². The number of primary sulfonamides is 1. The summed E-state index contributed by atoms with van der Waals surface area (Å²) in [6.07, 6.45) is 1.70. The summed E-state index contributed by atoms with van der Waals surface area (Å²) in [5, 5.41) is 4.95. The van der Waals surface area contributed by atoms with Crippen LogP contribution in [0.4, 0.5) is 5.82 Å². The number of hydrogen-bond donors (Lipinski definition) is 1. The molecule has 8 heteroatoms. The molecular weight excluding hydrogens is 294 g/mol. The van der Waals surface area contributed by atoms with E-state index in [0.29, 0.717) is 5.82 Å².